The van der Waals surface area contributed by atoms with E-state index in [2.05, 4.69) is 60.4 Å². The Morgan fingerprint density at radius 2 is 1.42 bits per heavy atom. The van der Waals surface area contributed by atoms with Crippen molar-refractivity contribution in [2.75, 3.05) is 13.2 Å². The zero-order valence-electron chi connectivity index (χ0n) is 25.9. The smallest absolute Gasteiger partial charge is 0.408 e. The summed E-state index contributed by atoms with van der Waals surface area (Å²) in [4.78, 5) is 15.9. The van der Waals surface area contributed by atoms with Gasteiger partial charge in [0, 0.05) is 11.5 Å². The third kappa shape index (κ3) is 9.16. The van der Waals surface area contributed by atoms with Crippen molar-refractivity contribution in [3.05, 3.63) is 107 Å². The van der Waals surface area contributed by atoms with Gasteiger partial charge in [0.25, 0.3) is 8.32 Å². The molecule has 0 aromatic heterocycles. The van der Waals surface area contributed by atoms with Crippen molar-refractivity contribution in [2.45, 2.75) is 77.0 Å². The molecule has 1 amide bonds. The van der Waals surface area contributed by atoms with E-state index in [9.17, 15) is 15.4 Å². The molecule has 3 rings (SSSR count). The number of hydrogen-bond donors (Lipinski definition) is 2. The maximum atomic E-state index is 12.8. The SMILES string of the molecule is CC(C)(C)OC(=O)N[C@@H](CO)[C@H](OCc1ccccc1)[C@@H](CO[Si](c1ccccc1)(c1ccccc1)C(C)(C)C)N=[N+]=[N-]. The Hall–Kier alpha value is -3.66. The Morgan fingerprint density at radius 3 is 1.86 bits per heavy atom. The Bertz CT molecular complexity index is 1280. The van der Waals surface area contributed by atoms with Crippen molar-refractivity contribution in [1.82, 2.24) is 5.32 Å². The van der Waals surface area contributed by atoms with Crippen LogP contribution in [0, 0.1) is 0 Å². The number of azide groups is 1. The molecule has 3 atom stereocenters. The van der Waals surface area contributed by atoms with Crippen molar-refractivity contribution in [3.63, 3.8) is 0 Å². The molecule has 9 nitrogen and oxygen atoms in total. The Kier molecular flexibility index (Phi) is 11.9. The van der Waals surface area contributed by atoms with Crippen LogP contribution in [0.3, 0.4) is 0 Å². The molecule has 0 aliphatic carbocycles. The normalized spacial score (nSPS) is 14.2. The first kappa shape index (κ1) is 33.8. The summed E-state index contributed by atoms with van der Waals surface area (Å²) >= 11 is 0. The number of nitrogens with zero attached hydrogens (tertiary/aromatic N) is 3. The standard InChI is InChI=1S/C33H44N4O5Si/c1-32(2,3)42-31(39)35-28(22-38)30(40-23-25-16-10-7-11-17-25)29(36-37-34)24-41-43(33(4,5)6,26-18-12-8-13-19-26)27-20-14-9-15-21-27/h7-21,28-30,38H,22-24H2,1-6H3,(H,35,39)/t28-,29+,30-/m0/s1. The van der Waals surface area contributed by atoms with Crippen LogP contribution in [0.4, 0.5) is 4.79 Å². The van der Waals surface area contributed by atoms with Gasteiger partial charge in [-0.2, -0.15) is 0 Å². The number of carbonyl (C=O) groups is 1. The van der Waals surface area contributed by atoms with Crippen LogP contribution in [0.5, 0.6) is 0 Å². The van der Waals surface area contributed by atoms with E-state index in [4.69, 9.17) is 13.9 Å². The summed E-state index contributed by atoms with van der Waals surface area (Å²) in [5, 5.41) is 19.1. The number of benzene rings is 3. The van der Waals surface area contributed by atoms with Gasteiger partial charge in [0.15, 0.2) is 0 Å². The van der Waals surface area contributed by atoms with Gasteiger partial charge in [0.2, 0.25) is 0 Å². The molecule has 43 heavy (non-hydrogen) atoms. The predicted octanol–water partition coefficient (Wildman–Crippen LogP) is 5.71. The Labute approximate surface area is 256 Å². The minimum Gasteiger partial charge on any atom is -0.444 e. The van der Waals surface area contributed by atoms with Gasteiger partial charge < -0.3 is 24.3 Å². The zero-order chi connectivity index (χ0) is 31.5. The van der Waals surface area contributed by atoms with Crippen LogP contribution in [0.2, 0.25) is 5.04 Å². The van der Waals surface area contributed by atoms with Crippen molar-refractivity contribution in [1.29, 1.82) is 0 Å². The Morgan fingerprint density at radius 1 is 0.907 bits per heavy atom. The summed E-state index contributed by atoms with van der Waals surface area (Å²) in [6.07, 6.45) is -1.65. The highest BCUT2D eigenvalue weighted by Gasteiger charge is 2.51. The number of hydrogen-bond acceptors (Lipinski definition) is 6. The van der Waals surface area contributed by atoms with E-state index >= 15 is 0 Å². The monoisotopic (exact) mass is 604 g/mol. The molecule has 0 heterocycles. The van der Waals surface area contributed by atoms with E-state index in [0.29, 0.717) is 0 Å². The number of rotatable bonds is 13. The molecule has 0 saturated carbocycles. The molecule has 0 saturated heterocycles. The average Bonchev–Trinajstić information content (AvgIpc) is 2.96. The zero-order valence-corrected chi connectivity index (χ0v) is 26.9. The summed E-state index contributed by atoms with van der Waals surface area (Å²) in [6.45, 7) is 11.4. The molecule has 2 N–H and O–H groups in total. The number of carbonyl (C=O) groups excluding carboxylic acids is 1. The minimum absolute atomic E-state index is 0.0106. The number of aliphatic hydroxyl groups excluding tert-OH is 1. The first-order chi connectivity index (χ1) is 20.4. The number of alkyl carbamates (subject to hydrolysis) is 1. The third-order valence-corrected chi connectivity index (χ3v) is 12.1. The molecule has 0 fully saturated rings. The van der Waals surface area contributed by atoms with E-state index in [0.717, 1.165) is 15.9 Å². The lowest BCUT2D eigenvalue weighted by molar-refractivity contribution is -0.0270. The van der Waals surface area contributed by atoms with Crippen LogP contribution < -0.4 is 15.7 Å². The van der Waals surface area contributed by atoms with Crippen molar-refractivity contribution >= 4 is 24.8 Å². The van der Waals surface area contributed by atoms with Crippen LogP contribution in [0.15, 0.2) is 96.1 Å². The molecule has 0 aliphatic heterocycles. The highest BCUT2D eigenvalue weighted by atomic mass is 28.4. The van der Waals surface area contributed by atoms with Crippen LogP contribution >= 0.6 is 0 Å². The molecule has 0 radical (unpaired) electrons. The molecule has 230 valence electrons. The van der Waals surface area contributed by atoms with E-state index in [1.165, 1.54) is 0 Å². The van der Waals surface area contributed by atoms with Crippen LogP contribution in [0.25, 0.3) is 10.4 Å². The highest BCUT2D eigenvalue weighted by molar-refractivity contribution is 6.99. The Balaban J connectivity index is 2.04. The summed E-state index contributed by atoms with van der Waals surface area (Å²) in [7, 11) is -3.00. The number of ether oxygens (including phenoxy) is 2. The second kappa shape index (κ2) is 15.2. The summed E-state index contributed by atoms with van der Waals surface area (Å²) < 4.78 is 18.8. The van der Waals surface area contributed by atoms with E-state index in [1.807, 2.05) is 66.7 Å². The third-order valence-electron chi connectivity index (χ3n) is 7.05. The summed E-state index contributed by atoms with van der Waals surface area (Å²) in [6, 6.07) is 27.9. The van der Waals surface area contributed by atoms with E-state index < -0.39 is 44.8 Å². The van der Waals surface area contributed by atoms with Gasteiger partial charge in [-0.25, -0.2) is 4.79 Å². The van der Waals surface area contributed by atoms with Gasteiger partial charge >= 0.3 is 6.09 Å². The van der Waals surface area contributed by atoms with Gasteiger partial charge in [-0.15, -0.1) is 0 Å². The molecular formula is C33H44N4O5Si. The second-order valence-electron chi connectivity index (χ2n) is 12.4. The van der Waals surface area contributed by atoms with Gasteiger partial charge in [-0.3, -0.25) is 0 Å². The maximum absolute atomic E-state index is 12.8. The van der Waals surface area contributed by atoms with Crippen LogP contribution in [-0.2, 0) is 20.5 Å². The molecule has 0 aliphatic rings. The fraction of sp³-hybridized carbons (Fsp3) is 0.424. The lowest BCUT2D eigenvalue weighted by Gasteiger charge is -2.44. The first-order valence-electron chi connectivity index (χ1n) is 14.5. The quantitative estimate of drug-likeness (QED) is 0.112. The van der Waals surface area contributed by atoms with Crippen molar-refractivity contribution < 1.29 is 23.8 Å². The second-order valence-corrected chi connectivity index (χ2v) is 16.7. The molecule has 0 spiro atoms. The maximum Gasteiger partial charge on any atom is 0.408 e. The largest absolute Gasteiger partial charge is 0.444 e. The topological polar surface area (TPSA) is 126 Å². The highest BCUT2D eigenvalue weighted by Crippen LogP contribution is 2.37. The van der Waals surface area contributed by atoms with Crippen LogP contribution in [0.1, 0.15) is 47.1 Å². The van der Waals surface area contributed by atoms with Gasteiger partial charge in [0.05, 0.1) is 31.4 Å². The average molecular weight is 605 g/mol. The molecule has 3 aromatic rings. The van der Waals surface area contributed by atoms with E-state index in [1.54, 1.807) is 20.8 Å². The van der Waals surface area contributed by atoms with Crippen molar-refractivity contribution in [2.24, 2.45) is 5.11 Å². The van der Waals surface area contributed by atoms with Gasteiger partial charge in [0.1, 0.15) is 5.60 Å². The lowest BCUT2D eigenvalue weighted by atomic mass is 10.0. The van der Waals surface area contributed by atoms with Gasteiger partial charge in [-0.1, -0.05) is 117 Å². The first-order valence-corrected chi connectivity index (χ1v) is 16.4. The molecule has 3 aromatic carbocycles. The summed E-state index contributed by atoms with van der Waals surface area (Å²) in [5.74, 6) is 0. The van der Waals surface area contributed by atoms with Gasteiger partial charge in [-0.05, 0) is 47.3 Å². The minimum atomic E-state index is -3.00. The van der Waals surface area contributed by atoms with Crippen LogP contribution in [-0.4, -0.2) is 56.5 Å². The number of amides is 1. The fourth-order valence-electron chi connectivity index (χ4n) is 5.18. The number of nitrogens with one attached hydrogen (secondary N) is 1. The number of aliphatic hydroxyl groups is 1. The fourth-order valence-corrected chi connectivity index (χ4v) is 9.76. The van der Waals surface area contributed by atoms with E-state index in [-0.39, 0.29) is 18.3 Å². The molecule has 0 bridgehead atoms. The predicted molar refractivity (Wildman–Crippen MR) is 172 cm³/mol. The molecule has 10 heteroatoms. The molecule has 0 unspecified atom stereocenters. The molecular weight excluding hydrogens is 560 g/mol. The lowest BCUT2D eigenvalue weighted by Crippen LogP contribution is -2.67. The summed E-state index contributed by atoms with van der Waals surface area (Å²) in [5.41, 5.74) is 9.80. The van der Waals surface area contributed by atoms with Crippen molar-refractivity contribution in [3.8, 4) is 0 Å².